The fourth-order valence-electron chi connectivity index (χ4n) is 7.44. The molecule has 0 spiro atoms. The molecule has 6 aromatic rings. The Balaban J connectivity index is 1.57. The average molecular weight is 596 g/mol. The van der Waals surface area contributed by atoms with Gasteiger partial charge in [0.25, 0.3) is 0 Å². The molecule has 3 aromatic heterocycles. The summed E-state index contributed by atoms with van der Waals surface area (Å²) < 4.78 is 0. The van der Waals surface area contributed by atoms with E-state index in [1.54, 1.807) is 0 Å². The van der Waals surface area contributed by atoms with E-state index in [1.807, 2.05) is 0 Å². The fraction of sp³-hybridized carbons (Fsp3) is 0.140. The van der Waals surface area contributed by atoms with E-state index in [4.69, 9.17) is 4.98 Å². The summed E-state index contributed by atoms with van der Waals surface area (Å²) in [6.45, 7) is 8.97. The third-order valence-corrected chi connectivity index (χ3v) is 9.76. The Morgan fingerprint density at radius 2 is 0.870 bits per heavy atom. The van der Waals surface area contributed by atoms with Crippen LogP contribution in [-0.2, 0) is 12.8 Å². The number of nitrogens with zero attached hydrogens (tertiary/aromatic N) is 1. The Bertz CT molecular complexity index is 2170. The van der Waals surface area contributed by atoms with Gasteiger partial charge in [-0.3, -0.25) is 0 Å². The van der Waals surface area contributed by atoms with Crippen molar-refractivity contribution in [2.45, 2.75) is 40.5 Å². The first-order chi connectivity index (χ1) is 22.5. The van der Waals surface area contributed by atoms with Crippen LogP contribution < -0.4 is 0 Å². The maximum Gasteiger partial charge on any atom is 0.0743 e. The van der Waals surface area contributed by atoms with E-state index in [2.05, 4.69) is 153 Å². The molecule has 8 rings (SSSR count). The number of benzene rings is 3. The van der Waals surface area contributed by atoms with E-state index in [9.17, 15) is 0 Å². The molecular formula is C43H37N3. The lowest BCUT2D eigenvalue weighted by Crippen LogP contribution is -1.91. The number of hydrogen-bond acceptors (Lipinski definition) is 1. The molecule has 3 nitrogen and oxygen atoms in total. The van der Waals surface area contributed by atoms with E-state index < -0.39 is 0 Å². The highest BCUT2D eigenvalue weighted by Gasteiger charge is 2.24. The summed E-state index contributed by atoms with van der Waals surface area (Å²) >= 11 is 0. The molecule has 2 N–H and O–H groups in total. The summed E-state index contributed by atoms with van der Waals surface area (Å²) in [6, 6.07) is 41.7. The summed E-state index contributed by atoms with van der Waals surface area (Å²) in [5, 5.41) is 0. The minimum atomic E-state index is 0.929. The smallest absolute Gasteiger partial charge is 0.0743 e. The van der Waals surface area contributed by atoms with Gasteiger partial charge in [-0.15, -0.1) is 0 Å². The van der Waals surface area contributed by atoms with Gasteiger partial charge in [-0.05, 0) is 113 Å². The second kappa shape index (κ2) is 11.2. The van der Waals surface area contributed by atoms with Crippen molar-refractivity contribution in [1.29, 1.82) is 0 Å². The van der Waals surface area contributed by atoms with E-state index >= 15 is 0 Å². The molecule has 8 bridgehead atoms. The highest BCUT2D eigenvalue weighted by molar-refractivity contribution is 6.06. The third kappa shape index (κ3) is 4.54. The standard InChI is InChI=1S/C43H37N3/c1-5-32-26(3)36-22-30-21-31(35-20-14-13-19-34(30)35)23-37-27(4)33(6-2)39(45-37)25-41-43(29-17-11-8-12-18-29)42(28-15-9-7-10-16-28)40(46-41)24-38(32)44-36/h7-25,44-45H,5-6H2,1-4H3. The lowest BCUT2D eigenvalue weighted by atomic mass is 9.92. The van der Waals surface area contributed by atoms with Gasteiger partial charge < -0.3 is 9.97 Å². The highest BCUT2D eigenvalue weighted by Crippen LogP contribution is 2.42. The van der Waals surface area contributed by atoms with Crippen LogP contribution in [0.1, 0.15) is 58.6 Å². The molecule has 0 saturated carbocycles. The number of nitrogens with one attached hydrogen (secondary N) is 2. The number of aryl methyl sites for hydroxylation is 4. The first-order valence-electron chi connectivity index (χ1n) is 16.4. The zero-order chi connectivity index (χ0) is 31.4. The van der Waals surface area contributed by atoms with E-state index in [-0.39, 0.29) is 0 Å². The summed E-state index contributed by atoms with van der Waals surface area (Å²) in [5.41, 5.74) is 21.3. The first-order valence-corrected chi connectivity index (χ1v) is 16.4. The molecule has 3 heteroatoms. The SMILES string of the molecule is CCc1c(C)c2cc3cc(cc4[nH]c(cc5nc(cc1[nH]2)C(c1ccccc1)=C5c1ccccc1)c(CC)c4C)-c1ccccc1-3. The van der Waals surface area contributed by atoms with Crippen LogP contribution in [0.5, 0.6) is 0 Å². The van der Waals surface area contributed by atoms with E-state index in [0.29, 0.717) is 0 Å². The van der Waals surface area contributed by atoms with Crippen LogP contribution in [0.25, 0.3) is 55.5 Å². The highest BCUT2D eigenvalue weighted by atomic mass is 14.8. The topological polar surface area (TPSA) is 44.5 Å². The van der Waals surface area contributed by atoms with Gasteiger partial charge in [0.2, 0.25) is 0 Å². The summed E-state index contributed by atoms with van der Waals surface area (Å²) in [4.78, 5) is 13.1. The molecule has 0 radical (unpaired) electrons. The predicted molar refractivity (Wildman–Crippen MR) is 194 cm³/mol. The minimum absolute atomic E-state index is 0.929. The van der Waals surface area contributed by atoms with E-state index in [0.717, 1.165) is 68.6 Å². The van der Waals surface area contributed by atoms with Gasteiger partial charge in [-0.1, -0.05) is 98.8 Å². The Labute approximate surface area is 270 Å². The van der Waals surface area contributed by atoms with Crippen molar-refractivity contribution < 1.29 is 0 Å². The van der Waals surface area contributed by atoms with Crippen LogP contribution in [0.15, 0.2) is 115 Å². The van der Waals surface area contributed by atoms with Crippen molar-refractivity contribution in [2.24, 2.45) is 0 Å². The van der Waals surface area contributed by atoms with Crippen LogP contribution in [0.3, 0.4) is 0 Å². The van der Waals surface area contributed by atoms with Gasteiger partial charge in [0.05, 0.1) is 11.4 Å². The number of H-pyrrole nitrogens is 2. The maximum atomic E-state index is 5.45. The van der Waals surface area contributed by atoms with Gasteiger partial charge in [0, 0.05) is 33.2 Å². The lowest BCUT2D eigenvalue weighted by Gasteiger charge is -2.09. The average Bonchev–Trinajstić information content (AvgIpc) is 3.79. The molecule has 0 fully saturated rings. The van der Waals surface area contributed by atoms with Crippen LogP contribution >= 0.6 is 0 Å². The molecule has 0 saturated heterocycles. The maximum absolute atomic E-state index is 5.45. The third-order valence-electron chi connectivity index (χ3n) is 9.76. The van der Waals surface area contributed by atoms with Crippen molar-refractivity contribution in [2.75, 3.05) is 0 Å². The fourth-order valence-corrected chi connectivity index (χ4v) is 7.44. The molecule has 0 amide bonds. The molecule has 4 heterocycles. The summed E-state index contributed by atoms with van der Waals surface area (Å²) in [7, 11) is 0. The van der Waals surface area contributed by atoms with Gasteiger partial charge >= 0.3 is 0 Å². The molecule has 224 valence electrons. The van der Waals surface area contributed by atoms with Gasteiger partial charge in [-0.25, -0.2) is 4.98 Å². The largest absolute Gasteiger partial charge is 0.355 e. The quantitative estimate of drug-likeness (QED) is 0.209. The van der Waals surface area contributed by atoms with Crippen LogP contribution in [0, 0.1) is 13.8 Å². The van der Waals surface area contributed by atoms with Gasteiger partial charge in [0.1, 0.15) is 0 Å². The summed E-state index contributed by atoms with van der Waals surface area (Å²) in [5.74, 6) is 0. The second-order valence-corrected chi connectivity index (χ2v) is 12.4. The zero-order valence-electron chi connectivity index (χ0n) is 26.8. The van der Waals surface area contributed by atoms with Crippen molar-refractivity contribution in [3.05, 3.63) is 160 Å². The van der Waals surface area contributed by atoms with Crippen LogP contribution in [0.2, 0.25) is 0 Å². The van der Waals surface area contributed by atoms with E-state index in [1.165, 1.54) is 44.5 Å². The molecule has 1 aliphatic heterocycles. The second-order valence-electron chi connectivity index (χ2n) is 12.4. The number of aromatic nitrogens is 3. The molecule has 0 atom stereocenters. The van der Waals surface area contributed by atoms with Crippen LogP contribution in [-0.4, -0.2) is 15.0 Å². The van der Waals surface area contributed by atoms with Crippen molar-refractivity contribution in [3.8, 4) is 22.3 Å². The Hall–Kier alpha value is -5.41. The molecule has 46 heavy (non-hydrogen) atoms. The lowest BCUT2D eigenvalue weighted by molar-refractivity contribution is 1.14. The molecular weight excluding hydrogens is 558 g/mol. The number of fused-ring (bicyclic) bond motifs is 11. The predicted octanol–water partition coefficient (Wildman–Crippen LogP) is 11.0. The molecule has 1 aliphatic carbocycles. The Morgan fingerprint density at radius 1 is 0.457 bits per heavy atom. The molecule has 3 aromatic carbocycles. The number of hydrogen-bond donors (Lipinski definition) is 2. The number of rotatable bonds is 4. The van der Waals surface area contributed by atoms with Crippen molar-refractivity contribution in [1.82, 2.24) is 15.0 Å². The van der Waals surface area contributed by atoms with Gasteiger partial charge in [-0.2, -0.15) is 0 Å². The van der Waals surface area contributed by atoms with Crippen LogP contribution in [0.4, 0.5) is 0 Å². The van der Waals surface area contributed by atoms with Crippen molar-refractivity contribution >= 4 is 33.2 Å². The monoisotopic (exact) mass is 595 g/mol. The first kappa shape index (κ1) is 28.1. The normalized spacial score (nSPS) is 12.4. The van der Waals surface area contributed by atoms with Gasteiger partial charge in [0.15, 0.2) is 0 Å². The molecule has 0 unspecified atom stereocenters. The molecule has 2 aliphatic rings. The number of aromatic amines is 2. The summed E-state index contributed by atoms with van der Waals surface area (Å²) in [6.07, 6.45) is 1.86. The van der Waals surface area contributed by atoms with Crippen molar-refractivity contribution in [3.63, 3.8) is 0 Å². The Morgan fingerprint density at radius 3 is 1.28 bits per heavy atom. The minimum Gasteiger partial charge on any atom is -0.355 e. The zero-order valence-corrected chi connectivity index (χ0v) is 26.8. The Kier molecular flexibility index (Phi) is 6.83.